The second-order valence-electron chi connectivity index (χ2n) is 12.0. The molecule has 5 rings (SSSR count). The highest BCUT2D eigenvalue weighted by molar-refractivity contribution is 5.96. The summed E-state index contributed by atoms with van der Waals surface area (Å²) in [5.41, 5.74) is 2.23. The molecule has 0 aliphatic carbocycles. The number of rotatable bonds is 22. The Kier molecular flexibility index (Phi) is 15.6. The van der Waals surface area contributed by atoms with Crippen LogP contribution in [-0.4, -0.2) is 72.0 Å². The van der Waals surface area contributed by atoms with E-state index in [-0.39, 0.29) is 24.5 Å². The molecule has 0 aliphatic heterocycles. The number of esters is 1. The van der Waals surface area contributed by atoms with Crippen molar-refractivity contribution in [2.24, 2.45) is 0 Å². The van der Waals surface area contributed by atoms with Crippen molar-refractivity contribution in [1.29, 1.82) is 0 Å². The maximum atomic E-state index is 13.1. The Morgan fingerprint density at radius 3 is 1.41 bits per heavy atom. The minimum Gasteiger partial charge on any atom is -0.460 e. The maximum Gasteiger partial charge on any atom is 0.416 e. The molecule has 0 fully saturated rings. The van der Waals surface area contributed by atoms with Gasteiger partial charge in [-0.25, -0.2) is 4.79 Å². The summed E-state index contributed by atoms with van der Waals surface area (Å²) in [4.78, 5) is 12.7. The minimum atomic E-state index is -4.48. The number of carbonyl (C=O) groups excluding carboxylic acids is 1. The topological polar surface area (TPSA) is 84.5 Å². The summed E-state index contributed by atoms with van der Waals surface area (Å²) >= 11 is 0. The molecule has 0 aliphatic rings. The third kappa shape index (κ3) is 11.7. The normalized spacial score (nSPS) is 11.7. The average molecular weight is 744 g/mol. The van der Waals surface area contributed by atoms with Gasteiger partial charge in [-0.3, -0.25) is 0 Å². The van der Waals surface area contributed by atoms with E-state index < -0.39 is 23.3 Å². The van der Waals surface area contributed by atoms with Crippen molar-refractivity contribution < 1.29 is 46.4 Å². The first-order valence-electron chi connectivity index (χ1n) is 17.7. The van der Waals surface area contributed by atoms with E-state index in [2.05, 4.69) is 41.7 Å². The molecule has 284 valence electrons. The molecule has 0 saturated carbocycles. The molecule has 1 N–H and O–H groups in total. The molecule has 0 saturated heterocycles. The van der Waals surface area contributed by atoms with Crippen LogP contribution < -0.4 is 5.32 Å². The van der Waals surface area contributed by atoms with Crippen molar-refractivity contribution >= 4 is 17.3 Å². The van der Waals surface area contributed by atoms with E-state index in [0.29, 0.717) is 58.5 Å². The highest BCUT2D eigenvalue weighted by atomic mass is 19.4. The van der Waals surface area contributed by atoms with Crippen LogP contribution in [0.4, 0.5) is 24.5 Å². The number of nitrogens with one attached hydrogen (secondary N) is 1. The molecule has 0 amide bonds. The molecule has 0 spiro atoms. The largest absolute Gasteiger partial charge is 0.460 e. The summed E-state index contributed by atoms with van der Waals surface area (Å²) in [5.74, 6) is -0.627. The van der Waals surface area contributed by atoms with E-state index >= 15 is 0 Å². The standard InChI is InChI=1S/C43H44F3NO7/c44-43(45,46)37-19-12-20-38(33-37)47-40-22-11-10-21-39(40)41(48)53-31-29-51-27-25-49-23-24-50-26-28-52-30-32-54-42(34-13-4-1-5-14-34,35-15-6-2-7-16-35)36-17-8-3-9-18-36/h1-22,33,47H,23-32H2. The van der Waals surface area contributed by atoms with Crippen molar-refractivity contribution in [3.63, 3.8) is 0 Å². The van der Waals surface area contributed by atoms with Crippen molar-refractivity contribution in [1.82, 2.24) is 0 Å². The highest BCUT2D eigenvalue weighted by Crippen LogP contribution is 2.40. The van der Waals surface area contributed by atoms with Crippen molar-refractivity contribution in [2.75, 3.05) is 71.4 Å². The zero-order valence-corrected chi connectivity index (χ0v) is 29.8. The number of hydrogen-bond acceptors (Lipinski definition) is 8. The van der Waals surface area contributed by atoms with Crippen LogP contribution in [0.3, 0.4) is 0 Å². The summed E-state index contributed by atoms with van der Waals surface area (Å²) in [6, 6.07) is 41.8. The van der Waals surface area contributed by atoms with E-state index in [9.17, 15) is 18.0 Å². The Labute approximate surface area is 313 Å². The molecule has 0 radical (unpaired) electrons. The first kappa shape index (κ1) is 40.2. The lowest BCUT2D eigenvalue weighted by atomic mass is 9.80. The second kappa shape index (κ2) is 21.0. The van der Waals surface area contributed by atoms with Crippen LogP contribution in [0.5, 0.6) is 0 Å². The third-order valence-corrected chi connectivity index (χ3v) is 8.28. The van der Waals surface area contributed by atoms with Crippen molar-refractivity contribution in [3.8, 4) is 0 Å². The second-order valence-corrected chi connectivity index (χ2v) is 12.0. The molecule has 5 aromatic carbocycles. The molecule has 8 nitrogen and oxygen atoms in total. The van der Waals surface area contributed by atoms with E-state index in [0.717, 1.165) is 28.8 Å². The van der Waals surface area contributed by atoms with Gasteiger partial charge in [-0.1, -0.05) is 109 Å². The fraction of sp³-hybridized carbons (Fsp3) is 0.279. The van der Waals surface area contributed by atoms with Crippen LogP contribution in [0.2, 0.25) is 0 Å². The van der Waals surface area contributed by atoms with E-state index in [1.807, 2.05) is 54.6 Å². The molecule has 54 heavy (non-hydrogen) atoms. The van der Waals surface area contributed by atoms with E-state index in [4.69, 9.17) is 28.4 Å². The summed E-state index contributed by atoms with van der Waals surface area (Å²) in [7, 11) is 0. The van der Waals surface area contributed by atoms with Gasteiger partial charge in [0.1, 0.15) is 12.2 Å². The van der Waals surface area contributed by atoms with Gasteiger partial charge in [0.2, 0.25) is 0 Å². The van der Waals surface area contributed by atoms with Crippen LogP contribution in [0, 0.1) is 0 Å². The quantitative estimate of drug-likeness (QED) is 0.0429. The summed E-state index contributed by atoms with van der Waals surface area (Å²) in [6.07, 6.45) is -4.48. The fourth-order valence-corrected chi connectivity index (χ4v) is 5.75. The van der Waals surface area contributed by atoms with Crippen LogP contribution in [0.25, 0.3) is 0 Å². The zero-order chi connectivity index (χ0) is 37.9. The van der Waals surface area contributed by atoms with Crippen molar-refractivity contribution in [2.45, 2.75) is 11.8 Å². The van der Waals surface area contributed by atoms with Crippen LogP contribution in [0.1, 0.15) is 32.6 Å². The molecule has 11 heteroatoms. The number of benzene rings is 5. The lowest BCUT2D eigenvalue weighted by Gasteiger charge is -2.36. The highest BCUT2D eigenvalue weighted by Gasteiger charge is 2.37. The van der Waals surface area contributed by atoms with Crippen LogP contribution in [0.15, 0.2) is 140 Å². The Hall–Kier alpha value is -5.04. The predicted octanol–water partition coefficient (Wildman–Crippen LogP) is 8.68. The molecular formula is C43H44F3NO7. The van der Waals surface area contributed by atoms with Crippen molar-refractivity contribution in [3.05, 3.63) is 167 Å². The smallest absolute Gasteiger partial charge is 0.416 e. The first-order chi connectivity index (χ1) is 26.4. The van der Waals surface area contributed by atoms with E-state index in [1.165, 1.54) is 18.2 Å². The molecule has 0 bridgehead atoms. The lowest BCUT2D eigenvalue weighted by molar-refractivity contribution is -0.137. The number of hydrogen-bond donors (Lipinski definition) is 1. The predicted molar refractivity (Wildman–Crippen MR) is 200 cm³/mol. The number of anilines is 2. The first-order valence-corrected chi connectivity index (χ1v) is 17.7. The molecule has 0 aromatic heterocycles. The zero-order valence-electron chi connectivity index (χ0n) is 29.8. The van der Waals surface area contributed by atoms with Crippen LogP contribution >= 0.6 is 0 Å². The molecule has 0 atom stereocenters. The van der Waals surface area contributed by atoms with Gasteiger partial charge in [0, 0.05) is 5.69 Å². The molecule has 0 heterocycles. The summed E-state index contributed by atoms with van der Waals surface area (Å²) in [5, 5.41) is 2.87. The monoisotopic (exact) mass is 743 g/mol. The van der Waals surface area contributed by atoms with Gasteiger partial charge in [0.25, 0.3) is 0 Å². The van der Waals surface area contributed by atoms with Gasteiger partial charge in [-0.05, 0) is 47.0 Å². The summed E-state index contributed by atoms with van der Waals surface area (Å²) < 4.78 is 73.8. The Morgan fingerprint density at radius 1 is 0.481 bits per heavy atom. The van der Waals surface area contributed by atoms with Gasteiger partial charge >= 0.3 is 12.1 Å². The SMILES string of the molecule is O=C(OCCOCCOCCOCCOCCOC(c1ccccc1)(c1ccccc1)c1ccccc1)c1ccccc1Nc1cccc(C(F)(F)F)c1. The molecule has 0 unspecified atom stereocenters. The summed E-state index contributed by atoms with van der Waals surface area (Å²) in [6.45, 7) is 3.13. The molecular weight excluding hydrogens is 699 g/mol. The average Bonchev–Trinajstić information content (AvgIpc) is 3.20. The third-order valence-electron chi connectivity index (χ3n) is 8.28. The Morgan fingerprint density at radius 2 is 0.907 bits per heavy atom. The number of carbonyl (C=O) groups is 1. The fourth-order valence-electron chi connectivity index (χ4n) is 5.75. The van der Waals surface area contributed by atoms with Gasteiger partial charge in [-0.15, -0.1) is 0 Å². The van der Waals surface area contributed by atoms with Crippen LogP contribution in [-0.2, 0) is 40.2 Å². The Bertz CT molecular complexity index is 1730. The minimum absolute atomic E-state index is 0.00335. The number of halogens is 3. The van der Waals surface area contributed by atoms with E-state index in [1.54, 1.807) is 18.2 Å². The lowest BCUT2D eigenvalue weighted by Crippen LogP contribution is -2.34. The van der Waals surface area contributed by atoms with Gasteiger partial charge in [-0.2, -0.15) is 13.2 Å². The van der Waals surface area contributed by atoms with Gasteiger partial charge < -0.3 is 33.7 Å². The maximum absolute atomic E-state index is 13.1. The number of para-hydroxylation sites is 1. The Balaban J connectivity index is 0.922. The molecule has 5 aromatic rings. The number of ether oxygens (including phenoxy) is 6. The number of alkyl halides is 3. The van der Waals surface area contributed by atoms with Gasteiger partial charge in [0.15, 0.2) is 0 Å². The van der Waals surface area contributed by atoms with Gasteiger partial charge in [0.05, 0.1) is 76.3 Å².